The summed E-state index contributed by atoms with van der Waals surface area (Å²) in [5.74, 6) is 0. The molecule has 1 saturated heterocycles. The monoisotopic (exact) mass is 286 g/mol. The number of piperidine rings is 1. The van der Waals surface area contributed by atoms with Crippen molar-refractivity contribution in [1.82, 2.24) is 19.6 Å². The molecular formula is C12H22N4O2S. The van der Waals surface area contributed by atoms with Crippen molar-refractivity contribution >= 4 is 10.0 Å². The van der Waals surface area contributed by atoms with Gasteiger partial charge in [0.2, 0.25) is 0 Å². The fraction of sp³-hybridized carbons (Fsp3) is 0.750. The van der Waals surface area contributed by atoms with Crippen LogP contribution < -0.4 is 5.32 Å². The lowest BCUT2D eigenvalue weighted by atomic mass is 10.1. The average molecular weight is 286 g/mol. The third-order valence-electron chi connectivity index (χ3n) is 3.40. The molecule has 1 aromatic rings. The summed E-state index contributed by atoms with van der Waals surface area (Å²) in [5, 5.41) is 3.57. The highest BCUT2D eigenvalue weighted by atomic mass is 32.2. The van der Waals surface area contributed by atoms with Gasteiger partial charge >= 0.3 is 0 Å². The number of aromatic nitrogens is 2. The molecule has 1 atom stereocenters. The van der Waals surface area contributed by atoms with Crippen molar-refractivity contribution in [2.45, 2.75) is 43.7 Å². The van der Waals surface area contributed by atoms with Gasteiger partial charge in [-0.1, -0.05) is 13.3 Å². The first kappa shape index (κ1) is 14.5. The Bertz CT molecular complexity index is 466. The van der Waals surface area contributed by atoms with E-state index in [-0.39, 0.29) is 11.1 Å². The summed E-state index contributed by atoms with van der Waals surface area (Å²) in [7, 11) is -3.44. The molecule has 0 spiro atoms. The normalized spacial score (nSPS) is 20.8. The van der Waals surface area contributed by atoms with Crippen LogP contribution in [0, 0.1) is 0 Å². The first-order chi connectivity index (χ1) is 9.14. The number of sulfonamides is 1. The predicted octanol–water partition coefficient (Wildman–Crippen LogP) is 0.952. The Balaban J connectivity index is 2.10. The summed E-state index contributed by atoms with van der Waals surface area (Å²) >= 11 is 0. The van der Waals surface area contributed by atoms with E-state index in [1.807, 2.05) is 6.92 Å². The van der Waals surface area contributed by atoms with Crippen LogP contribution in [0.2, 0.25) is 0 Å². The van der Waals surface area contributed by atoms with Crippen LogP contribution in [0.15, 0.2) is 17.6 Å². The molecule has 2 heterocycles. The first-order valence-corrected chi connectivity index (χ1v) is 8.30. The van der Waals surface area contributed by atoms with Crippen molar-refractivity contribution in [3.8, 4) is 0 Å². The van der Waals surface area contributed by atoms with E-state index >= 15 is 0 Å². The number of hydrogen-bond acceptors (Lipinski definition) is 4. The largest absolute Gasteiger partial charge is 0.335 e. The fourth-order valence-electron chi connectivity index (χ4n) is 2.41. The molecule has 0 aliphatic carbocycles. The predicted molar refractivity (Wildman–Crippen MR) is 73.3 cm³/mol. The lowest BCUT2D eigenvalue weighted by Gasteiger charge is -2.29. The first-order valence-electron chi connectivity index (χ1n) is 6.86. The summed E-state index contributed by atoms with van der Waals surface area (Å²) in [6, 6.07) is 0.262. The van der Waals surface area contributed by atoms with Gasteiger partial charge in [-0.2, -0.15) is 4.31 Å². The average Bonchev–Trinajstić information content (AvgIpc) is 2.94. The van der Waals surface area contributed by atoms with Gasteiger partial charge in [0.15, 0.2) is 5.03 Å². The Hall–Kier alpha value is -0.920. The molecule has 1 aliphatic heterocycles. The molecule has 0 aromatic carbocycles. The second kappa shape index (κ2) is 6.49. The van der Waals surface area contributed by atoms with E-state index in [1.165, 1.54) is 25.4 Å². The van der Waals surface area contributed by atoms with Crippen molar-refractivity contribution in [3.63, 3.8) is 0 Å². The zero-order chi connectivity index (χ0) is 13.7. The van der Waals surface area contributed by atoms with E-state index in [0.717, 1.165) is 19.4 Å². The number of nitrogens with one attached hydrogen (secondary N) is 2. The Kier molecular flexibility index (Phi) is 4.95. The number of H-pyrrole nitrogens is 1. The van der Waals surface area contributed by atoms with E-state index in [9.17, 15) is 8.42 Å². The number of nitrogens with zero attached hydrogens (tertiary/aromatic N) is 2. The van der Waals surface area contributed by atoms with E-state index in [0.29, 0.717) is 13.1 Å². The minimum Gasteiger partial charge on any atom is -0.335 e. The van der Waals surface area contributed by atoms with Crippen molar-refractivity contribution < 1.29 is 8.42 Å². The van der Waals surface area contributed by atoms with Gasteiger partial charge in [-0.05, 0) is 25.8 Å². The molecule has 1 aromatic heterocycles. The van der Waals surface area contributed by atoms with Crippen LogP contribution in [0.3, 0.4) is 0 Å². The van der Waals surface area contributed by atoms with Crippen molar-refractivity contribution in [1.29, 1.82) is 0 Å². The van der Waals surface area contributed by atoms with Crippen molar-refractivity contribution in [2.24, 2.45) is 0 Å². The maximum Gasteiger partial charge on any atom is 0.260 e. The van der Waals surface area contributed by atoms with Gasteiger partial charge in [-0.25, -0.2) is 13.4 Å². The molecule has 0 saturated carbocycles. The van der Waals surface area contributed by atoms with Crippen LogP contribution in [0.25, 0.3) is 0 Å². The Morgan fingerprint density at radius 2 is 2.32 bits per heavy atom. The van der Waals surface area contributed by atoms with E-state index in [4.69, 9.17) is 0 Å². The number of rotatable bonds is 6. The zero-order valence-electron chi connectivity index (χ0n) is 11.3. The lowest BCUT2D eigenvalue weighted by molar-refractivity contribution is 0.312. The van der Waals surface area contributed by atoms with E-state index in [2.05, 4.69) is 15.3 Å². The molecule has 0 bridgehead atoms. The number of hydrogen-bond donors (Lipinski definition) is 2. The third-order valence-corrected chi connectivity index (χ3v) is 5.19. The highest BCUT2D eigenvalue weighted by Crippen LogP contribution is 2.16. The van der Waals surface area contributed by atoms with Crippen LogP contribution in [-0.4, -0.2) is 48.4 Å². The minimum atomic E-state index is -3.44. The second-order valence-corrected chi connectivity index (χ2v) is 6.83. The van der Waals surface area contributed by atoms with Crippen LogP contribution in [-0.2, 0) is 10.0 Å². The van der Waals surface area contributed by atoms with Gasteiger partial charge in [-0.3, -0.25) is 0 Å². The topological polar surface area (TPSA) is 78.1 Å². The summed E-state index contributed by atoms with van der Waals surface area (Å²) in [6.07, 6.45) is 6.96. The maximum atomic E-state index is 12.5. The Morgan fingerprint density at radius 1 is 1.47 bits per heavy atom. The standard InChI is InChI=1S/C12H22N4O2S/c1-2-7-16(9-11-5-3-4-6-14-11)19(17,18)12-8-13-10-15-12/h8,10-11,14H,2-7,9H2,1H3,(H,13,15). The number of aromatic amines is 1. The summed E-state index contributed by atoms with van der Waals surface area (Å²) in [4.78, 5) is 6.49. The van der Waals surface area contributed by atoms with Gasteiger partial charge in [0.1, 0.15) is 0 Å². The molecule has 7 heteroatoms. The highest BCUT2D eigenvalue weighted by molar-refractivity contribution is 7.89. The van der Waals surface area contributed by atoms with Gasteiger partial charge in [-0.15, -0.1) is 0 Å². The fourth-order valence-corrected chi connectivity index (χ4v) is 3.88. The van der Waals surface area contributed by atoms with Crippen molar-refractivity contribution in [2.75, 3.05) is 19.6 Å². The molecule has 2 rings (SSSR count). The van der Waals surface area contributed by atoms with Crippen LogP contribution in [0.1, 0.15) is 32.6 Å². The number of imidazole rings is 1. The Morgan fingerprint density at radius 3 is 2.89 bits per heavy atom. The van der Waals surface area contributed by atoms with Crippen LogP contribution >= 0.6 is 0 Å². The Labute approximate surface area is 114 Å². The van der Waals surface area contributed by atoms with Gasteiger partial charge < -0.3 is 10.3 Å². The molecule has 1 aliphatic rings. The van der Waals surface area contributed by atoms with E-state index < -0.39 is 10.0 Å². The quantitative estimate of drug-likeness (QED) is 0.816. The van der Waals surface area contributed by atoms with Crippen molar-refractivity contribution in [3.05, 3.63) is 12.5 Å². The van der Waals surface area contributed by atoms with Crippen LogP contribution in [0.5, 0.6) is 0 Å². The van der Waals surface area contributed by atoms with Gasteiger partial charge in [0.05, 0.1) is 12.5 Å². The second-order valence-electron chi connectivity index (χ2n) is 4.93. The molecule has 108 valence electrons. The molecule has 1 fully saturated rings. The smallest absolute Gasteiger partial charge is 0.260 e. The molecule has 1 unspecified atom stereocenters. The lowest BCUT2D eigenvalue weighted by Crippen LogP contribution is -2.46. The highest BCUT2D eigenvalue weighted by Gasteiger charge is 2.28. The van der Waals surface area contributed by atoms with Crippen LogP contribution in [0.4, 0.5) is 0 Å². The molecule has 0 amide bonds. The third kappa shape index (κ3) is 3.55. The van der Waals surface area contributed by atoms with Gasteiger partial charge in [0, 0.05) is 19.1 Å². The summed E-state index contributed by atoms with van der Waals surface area (Å²) in [6.45, 7) is 4.05. The van der Waals surface area contributed by atoms with Gasteiger partial charge in [0.25, 0.3) is 10.0 Å². The molecular weight excluding hydrogens is 264 g/mol. The molecule has 19 heavy (non-hydrogen) atoms. The van der Waals surface area contributed by atoms with E-state index in [1.54, 1.807) is 4.31 Å². The minimum absolute atomic E-state index is 0.178. The molecule has 2 N–H and O–H groups in total. The molecule has 0 radical (unpaired) electrons. The SMILES string of the molecule is CCCN(CC1CCCCN1)S(=O)(=O)c1cnc[nH]1. The summed E-state index contributed by atoms with van der Waals surface area (Å²) < 4.78 is 26.5. The maximum absolute atomic E-state index is 12.5. The summed E-state index contributed by atoms with van der Waals surface area (Å²) in [5.41, 5.74) is 0. The molecule has 6 nitrogen and oxygen atoms in total. The zero-order valence-corrected chi connectivity index (χ0v) is 12.1.